The van der Waals surface area contributed by atoms with E-state index >= 15 is 0 Å². The van der Waals surface area contributed by atoms with Crippen molar-refractivity contribution in [3.05, 3.63) is 60.2 Å². The van der Waals surface area contributed by atoms with Gasteiger partial charge in [-0.25, -0.2) is 0 Å². The van der Waals surface area contributed by atoms with Gasteiger partial charge in [0, 0.05) is 12.2 Å². The van der Waals surface area contributed by atoms with Crippen molar-refractivity contribution in [1.29, 1.82) is 0 Å². The zero-order valence-corrected chi connectivity index (χ0v) is 15.9. The van der Waals surface area contributed by atoms with E-state index in [-0.39, 0.29) is 5.91 Å². The second-order valence-corrected chi connectivity index (χ2v) is 6.42. The van der Waals surface area contributed by atoms with E-state index in [0.717, 1.165) is 30.9 Å². The van der Waals surface area contributed by atoms with Gasteiger partial charge in [-0.1, -0.05) is 44.2 Å². The standard InChI is InChI=1S/C21H29N3O2/c1-4-24(5-2)15-16-26-19-13-11-18(12-14-19)23-20(25)21(3,22)17-9-7-6-8-10-17/h6-14H,4-5,15-16,22H2,1-3H3,(H,23,25). The van der Waals surface area contributed by atoms with Gasteiger partial charge in [0.05, 0.1) is 0 Å². The summed E-state index contributed by atoms with van der Waals surface area (Å²) in [5, 5.41) is 2.87. The number of carbonyl (C=O) groups is 1. The van der Waals surface area contributed by atoms with Crippen molar-refractivity contribution in [3.63, 3.8) is 0 Å². The number of benzene rings is 2. The van der Waals surface area contributed by atoms with Gasteiger partial charge in [0.2, 0.25) is 5.91 Å². The van der Waals surface area contributed by atoms with Crippen LogP contribution >= 0.6 is 0 Å². The first kappa shape index (κ1) is 19.9. The maximum atomic E-state index is 12.6. The maximum absolute atomic E-state index is 12.6. The number of likely N-dealkylation sites (N-methyl/N-ethyl adjacent to an activating group) is 1. The molecule has 5 nitrogen and oxygen atoms in total. The minimum Gasteiger partial charge on any atom is -0.492 e. The number of nitrogens with one attached hydrogen (secondary N) is 1. The van der Waals surface area contributed by atoms with E-state index in [4.69, 9.17) is 10.5 Å². The van der Waals surface area contributed by atoms with Gasteiger partial charge in [-0.3, -0.25) is 4.79 Å². The van der Waals surface area contributed by atoms with Gasteiger partial charge >= 0.3 is 0 Å². The van der Waals surface area contributed by atoms with E-state index in [2.05, 4.69) is 24.1 Å². The molecule has 2 aromatic rings. The Morgan fingerprint density at radius 2 is 1.69 bits per heavy atom. The van der Waals surface area contributed by atoms with E-state index in [1.807, 2.05) is 54.6 Å². The first-order valence-corrected chi connectivity index (χ1v) is 9.08. The fourth-order valence-electron chi connectivity index (χ4n) is 2.64. The Morgan fingerprint density at radius 3 is 2.27 bits per heavy atom. The number of rotatable bonds is 9. The van der Waals surface area contributed by atoms with Crippen LogP contribution < -0.4 is 15.8 Å². The van der Waals surface area contributed by atoms with Gasteiger partial charge in [0.1, 0.15) is 17.9 Å². The Kier molecular flexibility index (Phi) is 7.18. The predicted octanol–water partition coefficient (Wildman–Crippen LogP) is 3.22. The molecule has 3 N–H and O–H groups in total. The molecule has 1 unspecified atom stereocenters. The monoisotopic (exact) mass is 355 g/mol. The number of carbonyl (C=O) groups excluding carboxylic acids is 1. The highest BCUT2D eigenvalue weighted by molar-refractivity contribution is 5.98. The smallest absolute Gasteiger partial charge is 0.248 e. The lowest BCUT2D eigenvalue weighted by molar-refractivity contribution is -0.120. The summed E-state index contributed by atoms with van der Waals surface area (Å²) < 4.78 is 5.76. The SMILES string of the molecule is CCN(CC)CCOc1ccc(NC(=O)C(C)(N)c2ccccc2)cc1. The lowest BCUT2D eigenvalue weighted by atomic mass is 9.92. The van der Waals surface area contributed by atoms with Crippen molar-refractivity contribution in [1.82, 2.24) is 4.90 Å². The first-order chi connectivity index (χ1) is 12.5. The van der Waals surface area contributed by atoms with Crippen molar-refractivity contribution in [2.24, 2.45) is 5.73 Å². The fourth-order valence-corrected chi connectivity index (χ4v) is 2.64. The van der Waals surface area contributed by atoms with Crippen LogP contribution in [-0.4, -0.2) is 37.0 Å². The number of anilines is 1. The summed E-state index contributed by atoms with van der Waals surface area (Å²) in [5.74, 6) is 0.535. The molecule has 0 radical (unpaired) electrons. The Bertz CT molecular complexity index is 680. The molecule has 5 heteroatoms. The second-order valence-electron chi connectivity index (χ2n) is 6.42. The number of nitrogens with zero attached hydrogens (tertiary/aromatic N) is 1. The van der Waals surface area contributed by atoms with Gasteiger partial charge in [-0.2, -0.15) is 0 Å². The van der Waals surface area contributed by atoms with E-state index in [1.165, 1.54) is 0 Å². The van der Waals surface area contributed by atoms with Crippen LogP contribution in [0.4, 0.5) is 5.69 Å². The molecular weight excluding hydrogens is 326 g/mol. The number of ether oxygens (including phenoxy) is 1. The number of hydrogen-bond acceptors (Lipinski definition) is 4. The first-order valence-electron chi connectivity index (χ1n) is 9.08. The zero-order valence-electron chi connectivity index (χ0n) is 15.9. The fraction of sp³-hybridized carbons (Fsp3) is 0.381. The molecule has 0 bridgehead atoms. The number of nitrogens with two attached hydrogens (primary N) is 1. The molecular formula is C21H29N3O2. The number of amides is 1. The van der Waals surface area contributed by atoms with E-state index in [9.17, 15) is 4.79 Å². The van der Waals surface area contributed by atoms with Crippen molar-refractivity contribution < 1.29 is 9.53 Å². The molecule has 0 fully saturated rings. The molecule has 26 heavy (non-hydrogen) atoms. The molecule has 2 rings (SSSR count). The Hall–Kier alpha value is -2.37. The normalized spacial score (nSPS) is 13.3. The Morgan fingerprint density at radius 1 is 1.08 bits per heavy atom. The molecule has 0 aliphatic carbocycles. The van der Waals surface area contributed by atoms with Gasteiger partial charge in [-0.15, -0.1) is 0 Å². The Labute approximate surface area is 156 Å². The molecule has 1 amide bonds. The molecule has 0 saturated heterocycles. The lowest BCUT2D eigenvalue weighted by Crippen LogP contribution is -2.45. The van der Waals surface area contributed by atoms with Crippen molar-refractivity contribution >= 4 is 11.6 Å². The summed E-state index contributed by atoms with van der Waals surface area (Å²) in [4.78, 5) is 14.9. The van der Waals surface area contributed by atoms with E-state index in [1.54, 1.807) is 6.92 Å². The quantitative estimate of drug-likeness (QED) is 0.725. The summed E-state index contributed by atoms with van der Waals surface area (Å²) in [6, 6.07) is 16.7. The topological polar surface area (TPSA) is 67.6 Å². The highest BCUT2D eigenvalue weighted by Crippen LogP contribution is 2.21. The minimum atomic E-state index is -1.10. The van der Waals surface area contributed by atoms with Crippen LogP contribution in [0.2, 0.25) is 0 Å². The minimum absolute atomic E-state index is 0.251. The molecule has 0 heterocycles. The zero-order chi connectivity index (χ0) is 19.0. The molecule has 0 spiro atoms. The van der Waals surface area contributed by atoms with Crippen LogP contribution in [0.5, 0.6) is 5.75 Å². The Balaban J connectivity index is 1.91. The molecule has 2 aromatic carbocycles. The van der Waals surface area contributed by atoms with Crippen molar-refractivity contribution in [2.75, 3.05) is 31.6 Å². The van der Waals surface area contributed by atoms with E-state index in [0.29, 0.717) is 12.3 Å². The molecule has 0 aliphatic rings. The largest absolute Gasteiger partial charge is 0.492 e. The van der Waals surface area contributed by atoms with E-state index < -0.39 is 5.54 Å². The third-order valence-corrected chi connectivity index (χ3v) is 4.53. The van der Waals surface area contributed by atoms with Crippen molar-refractivity contribution in [3.8, 4) is 5.75 Å². The summed E-state index contributed by atoms with van der Waals surface area (Å²) in [7, 11) is 0. The van der Waals surface area contributed by atoms with Gasteiger partial charge < -0.3 is 20.7 Å². The van der Waals surface area contributed by atoms with Crippen LogP contribution in [0.15, 0.2) is 54.6 Å². The molecule has 1 atom stereocenters. The van der Waals surface area contributed by atoms with Crippen molar-refractivity contribution in [2.45, 2.75) is 26.3 Å². The predicted molar refractivity (Wildman–Crippen MR) is 106 cm³/mol. The maximum Gasteiger partial charge on any atom is 0.248 e. The highest BCUT2D eigenvalue weighted by atomic mass is 16.5. The second kappa shape index (κ2) is 9.36. The average molecular weight is 355 g/mol. The molecule has 0 aromatic heterocycles. The molecule has 140 valence electrons. The lowest BCUT2D eigenvalue weighted by Gasteiger charge is -2.24. The summed E-state index contributed by atoms with van der Waals surface area (Å²) in [6.45, 7) is 9.57. The average Bonchev–Trinajstić information content (AvgIpc) is 2.67. The third kappa shape index (κ3) is 5.31. The highest BCUT2D eigenvalue weighted by Gasteiger charge is 2.30. The van der Waals surface area contributed by atoms with Crippen LogP contribution in [0.3, 0.4) is 0 Å². The summed E-state index contributed by atoms with van der Waals surface area (Å²) in [6.07, 6.45) is 0. The van der Waals surface area contributed by atoms with Crippen LogP contribution in [0.25, 0.3) is 0 Å². The summed E-state index contributed by atoms with van der Waals surface area (Å²) in [5.41, 5.74) is 6.61. The van der Waals surface area contributed by atoms with Gasteiger partial charge in [0.25, 0.3) is 0 Å². The van der Waals surface area contributed by atoms with Crippen LogP contribution in [-0.2, 0) is 10.3 Å². The van der Waals surface area contributed by atoms with Gasteiger partial charge in [-0.05, 0) is 49.8 Å². The number of hydrogen-bond donors (Lipinski definition) is 2. The molecule has 0 aliphatic heterocycles. The van der Waals surface area contributed by atoms with Crippen LogP contribution in [0, 0.1) is 0 Å². The third-order valence-electron chi connectivity index (χ3n) is 4.53. The molecule has 0 saturated carbocycles. The van der Waals surface area contributed by atoms with Crippen LogP contribution in [0.1, 0.15) is 26.3 Å². The summed E-state index contributed by atoms with van der Waals surface area (Å²) >= 11 is 0. The van der Waals surface area contributed by atoms with Gasteiger partial charge in [0.15, 0.2) is 0 Å².